The second-order valence-electron chi connectivity index (χ2n) is 4.99. The highest BCUT2D eigenvalue weighted by Gasteiger charge is 2.15. The number of methoxy groups -OCH3 is 1. The molecule has 0 saturated carbocycles. The Morgan fingerprint density at radius 3 is 2.86 bits per heavy atom. The molecule has 1 atom stereocenters. The quantitative estimate of drug-likeness (QED) is 0.843. The lowest BCUT2D eigenvalue weighted by molar-refractivity contribution is 0.384. The van der Waals surface area contributed by atoms with Gasteiger partial charge in [0.25, 0.3) is 0 Å². The SMILES string of the molecule is CCCNC(Cc1nc(C)cs1)c1ccc(F)c(OC)c1. The summed E-state index contributed by atoms with van der Waals surface area (Å²) in [6.07, 6.45) is 1.85. The summed E-state index contributed by atoms with van der Waals surface area (Å²) in [7, 11) is 1.49. The molecule has 0 aliphatic rings. The number of halogens is 1. The van der Waals surface area contributed by atoms with Gasteiger partial charge < -0.3 is 10.1 Å². The number of hydrogen-bond acceptors (Lipinski definition) is 4. The first-order valence-electron chi connectivity index (χ1n) is 7.11. The Labute approximate surface area is 129 Å². The standard InChI is InChI=1S/C16H21FN2OS/c1-4-7-18-14(9-16-19-11(2)10-21-16)12-5-6-13(17)15(8-12)20-3/h5-6,8,10,14,18H,4,7,9H2,1-3H3. The molecule has 5 heteroatoms. The highest BCUT2D eigenvalue weighted by molar-refractivity contribution is 7.09. The fourth-order valence-electron chi connectivity index (χ4n) is 2.19. The number of benzene rings is 1. The van der Waals surface area contributed by atoms with E-state index in [0.29, 0.717) is 0 Å². The van der Waals surface area contributed by atoms with E-state index in [2.05, 4.69) is 22.6 Å². The van der Waals surface area contributed by atoms with Crippen molar-refractivity contribution >= 4 is 11.3 Å². The second kappa shape index (κ2) is 7.52. The van der Waals surface area contributed by atoms with E-state index in [9.17, 15) is 4.39 Å². The van der Waals surface area contributed by atoms with Crippen LogP contribution in [0.15, 0.2) is 23.6 Å². The van der Waals surface area contributed by atoms with Crippen LogP contribution in [0.2, 0.25) is 0 Å². The molecular formula is C16H21FN2OS. The molecule has 1 unspecified atom stereocenters. The summed E-state index contributed by atoms with van der Waals surface area (Å²) in [5.74, 6) is -0.0493. The Hall–Kier alpha value is -1.46. The molecule has 114 valence electrons. The van der Waals surface area contributed by atoms with Crippen molar-refractivity contribution < 1.29 is 9.13 Å². The zero-order valence-electron chi connectivity index (χ0n) is 12.6. The van der Waals surface area contributed by atoms with Gasteiger partial charge >= 0.3 is 0 Å². The lowest BCUT2D eigenvalue weighted by atomic mass is 10.0. The first-order valence-corrected chi connectivity index (χ1v) is 7.99. The van der Waals surface area contributed by atoms with E-state index in [-0.39, 0.29) is 17.6 Å². The smallest absolute Gasteiger partial charge is 0.165 e. The second-order valence-corrected chi connectivity index (χ2v) is 5.93. The molecule has 3 nitrogen and oxygen atoms in total. The maximum absolute atomic E-state index is 13.6. The van der Waals surface area contributed by atoms with Gasteiger partial charge in [-0.2, -0.15) is 0 Å². The van der Waals surface area contributed by atoms with E-state index < -0.39 is 0 Å². The fraction of sp³-hybridized carbons (Fsp3) is 0.438. The van der Waals surface area contributed by atoms with Crippen LogP contribution in [0.4, 0.5) is 4.39 Å². The Morgan fingerprint density at radius 2 is 2.24 bits per heavy atom. The summed E-state index contributed by atoms with van der Waals surface area (Å²) >= 11 is 1.66. The van der Waals surface area contributed by atoms with Crippen LogP contribution >= 0.6 is 11.3 Å². The van der Waals surface area contributed by atoms with Gasteiger partial charge in [0.1, 0.15) is 0 Å². The van der Waals surface area contributed by atoms with Crippen LogP contribution in [0.3, 0.4) is 0 Å². The van der Waals surface area contributed by atoms with Gasteiger partial charge in [0.2, 0.25) is 0 Å². The molecule has 1 aromatic heterocycles. The molecule has 0 aliphatic carbocycles. The monoisotopic (exact) mass is 308 g/mol. The van der Waals surface area contributed by atoms with Crippen LogP contribution in [0.25, 0.3) is 0 Å². The van der Waals surface area contributed by atoms with E-state index >= 15 is 0 Å². The Balaban J connectivity index is 2.22. The van der Waals surface area contributed by atoms with E-state index in [4.69, 9.17) is 4.74 Å². The first kappa shape index (κ1) is 15.9. The highest BCUT2D eigenvalue weighted by Crippen LogP contribution is 2.26. The van der Waals surface area contributed by atoms with Crippen molar-refractivity contribution in [3.05, 3.63) is 45.7 Å². The third-order valence-electron chi connectivity index (χ3n) is 3.26. The van der Waals surface area contributed by atoms with Gasteiger partial charge in [-0.3, -0.25) is 0 Å². The Kier molecular flexibility index (Phi) is 5.70. The number of aryl methyl sites for hydroxylation is 1. The number of ether oxygens (including phenoxy) is 1. The van der Waals surface area contributed by atoms with E-state index in [1.807, 2.05) is 13.0 Å². The number of rotatable bonds is 7. The maximum atomic E-state index is 13.6. The number of thiazole rings is 1. The molecule has 0 spiro atoms. The van der Waals surface area contributed by atoms with Gasteiger partial charge in [-0.25, -0.2) is 9.37 Å². The van der Waals surface area contributed by atoms with Crippen molar-refractivity contribution in [1.82, 2.24) is 10.3 Å². The van der Waals surface area contributed by atoms with E-state index in [1.54, 1.807) is 17.4 Å². The fourth-order valence-corrected chi connectivity index (χ4v) is 3.01. The van der Waals surface area contributed by atoms with E-state index in [0.717, 1.165) is 35.7 Å². The van der Waals surface area contributed by atoms with Gasteiger partial charge in [-0.05, 0) is 37.6 Å². The van der Waals surface area contributed by atoms with Crippen molar-refractivity contribution in [1.29, 1.82) is 0 Å². The van der Waals surface area contributed by atoms with Crippen LogP contribution in [-0.2, 0) is 6.42 Å². The van der Waals surface area contributed by atoms with Crippen molar-refractivity contribution in [3.63, 3.8) is 0 Å². The zero-order chi connectivity index (χ0) is 15.2. The summed E-state index contributed by atoms with van der Waals surface area (Å²) in [4.78, 5) is 4.52. The van der Waals surface area contributed by atoms with Gasteiger partial charge in [0.15, 0.2) is 11.6 Å². The van der Waals surface area contributed by atoms with Gasteiger partial charge in [0.05, 0.1) is 12.1 Å². The molecule has 1 heterocycles. The molecule has 1 N–H and O–H groups in total. The summed E-state index contributed by atoms with van der Waals surface area (Å²) in [6.45, 7) is 5.03. The first-order chi connectivity index (χ1) is 10.1. The number of hydrogen-bond donors (Lipinski definition) is 1. The average Bonchev–Trinajstić information content (AvgIpc) is 2.89. The van der Waals surface area contributed by atoms with Crippen LogP contribution in [0.1, 0.15) is 35.7 Å². The number of aromatic nitrogens is 1. The normalized spacial score (nSPS) is 12.4. The minimum Gasteiger partial charge on any atom is -0.494 e. The van der Waals surface area contributed by atoms with Crippen LogP contribution in [-0.4, -0.2) is 18.6 Å². The highest BCUT2D eigenvalue weighted by atomic mass is 32.1. The predicted octanol–water partition coefficient (Wildman–Crippen LogP) is 3.88. The largest absolute Gasteiger partial charge is 0.494 e. The molecule has 0 saturated heterocycles. The minimum absolute atomic E-state index is 0.116. The lowest BCUT2D eigenvalue weighted by Crippen LogP contribution is -2.24. The maximum Gasteiger partial charge on any atom is 0.165 e. The average molecular weight is 308 g/mol. The summed E-state index contributed by atoms with van der Waals surface area (Å²) < 4.78 is 18.6. The Bertz CT molecular complexity index is 585. The molecule has 0 fully saturated rings. The molecular weight excluding hydrogens is 287 g/mol. The van der Waals surface area contributed by atoms with Crippen molar-refractivity contribution in [2.75, 3.05) is 13.7 Å². The molecule has 0 radical (unpaired) electrons. The Morgan fingerprint density at radius 1 is 1.43 bits per heavy atom. The number of nitrogens with one attached hydrogen (secondary N) is 1. The molecule has 0 aliphatic heterocycles. The molecule has 0 amide bonds. The third kappa shape index (κ3) is 4.25. The van der Waals surface area contributed by atoms with Gasteiger partial charge in [0, 0.05) is 23.5 Å². The van der Waals surface area contributed by atoms with Crippen molar-refractivity contribution in [2.24, 2.45) is 0 Å². The summed E-state index contributed by atoms with van der Waals surface area (Å²) in [5, 5.41) is 6.64. The van der Waals surface area contributed by atoms with Gasteiger partial charge in [-0.1, -0.05) is 13.0 Å². The number of nitrogens with zero attached hydrogens (tertiary/aromatic N) is 1. The summed E-state index contributed by atoms with van der Waals surface area (Å²) in [6, 6.07) is 5.15. The van der Waals surface area contributed by atoms with Crippen molar-refractivity contribution in [3.8, 4) is 5.75 Å². The van der Waals surface area contributed by atoms with Gasteiger partial charge in [-0.15, -0.1) is 11.3 Å². The van der Waals surface area contributed by atoms with Crippen LogP contribution in [0.5, 0.6) is 5.75 Å². The molecule has 0 bridgehead atoms. The molecule has 1 aromatic carbocycles. The molecule has 21 heavy (non-hydrogen) atoms. The van der Waals surface area contributed by atoms with Crippen LogP contribution in [0, 0.1) is 12.7 Å². The lowest BCUT2D eigenvalue weighted by Gasteiger charge is -2.19. The predicted molar refractivity (Wildman–Crippen MR) is 84.5 cm³/mol. The minimum atomic E-state index is -0.333. The summed E-state index contributed by atoms with van der Waals surface area (Å²) in [5.41, 5.74) is 2.07. The van der Waals surface area contributed by atoms with E-state index in [1.165, 1.54) is 13.2 Å². The third-order valence-corrected chi connectivity index (χ3v) is 4.25. The topological polar surface area (TPSA) is 34.2 Å². The zero-order valence-corrected chi connectivity index (χ0v) is 13.5. The molecule has 2 rings (SSSR count). The molecule has 2 aromatic rings. The van der Waals surface area contributed by atoms with Crippen molar-refractivity contribution in [2.45, 2.75) is 32.7 Å². The van der Waals surface area contributed by atoms with Crippen LogP contribution < -0.4 is 10.1 Å².